The number of pyridine rings is 1. The number of aliphatic hydroxyl groups is 1. The molecule has 0 bridgehead atoms. The predicted octanol–water partition coefficient (Wildman–Crippen LogP) is 6.14. The monoisotopic (exact) mass is 514 g/mol. The molecule has 8 heteroatoms. The van der Waals surface area contributed by atoms with Crippen molar-refractivity contribution in [1.29, 1.82) is 0 Å². The van der Waals surface area contributed by atoms with Gasteiger partial charge in [-0.2, -0.15) is 4.98 Å². The Morgan fingerprint density at radius 1 is 1.00 bits per heavy atom. The quantitative estimate of drug-likeness (QED) is 0.260. The maximum absolute atomic E-state index is 9.67. The summed E-state index contributed by atoms with van der Waals surface area (Å²) in [5.41, 5.74) is 7.81. The van der Waals surface area contributed by atoms with Crippen LogP contribution < -0.4 is 10.6 Å². The van der Waals surface area contributed by atoms with E-state index in [9.17, 15) is 5.11 Å². The summed E-state index contributed by atoms with van der Waals surface area (Å²) in [7, 11) is 0. The first-order valence-corrected chi connectivity index (χ1v) is 14.1. The number of nitrogens with one attached hydrogen (secondary N) is 2. The molecule has 0 saturated heterocycles. The van der Waals surface area contributed by atoms with Crippen LogP contribution in [-0.4, -0.2) is 37.7 Å². The smallest absolute Gasteiger partial charge is 0.225 e. The van der Waals surface area contributed by atoms with E-state index in [1.165, 1.54) is 29.5 Å². The van der Waals surface area contributed by atoms with E-state index in [0.717, 1.165) is 57.3 Å². The molecule has 0 radical (unpaired) electrons. The van der Waals surface area contributed by atoms with E-state index in [2.05, 4.69) is 53.7 Å². The van der Waals surface area contributed by atoms with Gasteiger partial charge in [0.05, 0.1) is 21.7 Å². The number of aryl methyl sites for hydroxylation is 3. The van der Waals surface area contributed by atoms with Crippen LogP contribution in [-0.2, 0) is 6.54 Å². The molecule has 7 nitrogen and oxygen atoms in total. The average Bonchev–Trinajstić information content (AvgIpc) is 3.47. The number of fused-ring (bicyclic) bond motifs is 1. The number of aromatic nitrogens is 4. The molecule has 3 N–H and O–H groups in total. The molecule has 0 aliphatic heterocycles. The van der Waals surface area contributed by atoms with Crippen molar-refractivity contribution in [1.82, 2.24) is 19.9 Å². The van der Waals surface area contributed by atoms with Gasteiger partial charge in [-0.05, 0) is 81.5 Å². The molecule has 0 amide bonds. The standard InChI is InChI=1S/C29H34N6OS/c1-16-5-4-6-17(2)22(16)14-31-29-32-18(3)24(27(35-29)33-21-10-7-19(13-21)15-36)28-34-26-23(37-28)11-12-30-25(26)20-8-9-20/h4-6,11-12,19-21,36H,7-10,13-15H2,1-3H3,(H2,31,32,33,35). The van der Waals surface area contributed by atoms with Gasteiger partial charge in [0.15, 0.2) is 0 Å². The van der Waals surface area contributed by atoms with Crippen molar-refractivity contribution in [3.05, 3.63) is 58.5 Å². The van der Waals surface area contributed by atoms with Crippen molar-refractivity contribution in [2.75, 3.05) is 17.2 Å². The van der Waals surface area contributed by atoms with Crippen LogP contribution in [0, 0.1) is 26.7 Å². The number of benzene rings is 1. The average molecular weight is 515 g/mol. The number of nitrogens with zero attached hydrogens (tertiary/aromatic N) is 4. The van der Waals surface area contributed by atoms with Gasteiger partial charge in [-0.15, -0.1) is 11.3 Å². The molecule has 4 aromatic rings. The lowest BCUT2D eigenvalue weighted by molar-refractivity contribution is 0.229. The summed E-state index contributed by atoms with van der Waals surface area (Å²) in [4.78, 5) is 19.6. The minimum atomic E-state index is 0.241. The second kappa shape index (κ2) is 9.99. The molecule has 3 heterocycles. The highest BCUT2D eigenvalue weighted by atomic mass is 32.1. The fourth-order valence-electron chi connectivity index (χ4n) is 5.51. The Hall–Kier alpha value is -3.10. The van der Waals surface area contributed by atoms with Crippen molar-refractivity contribution in [2.45, 2.75) is 71.4 Å². The summed E-state index contributed by atoms with van der Waals surface area (Å²) in [6.07, 6.45) is 7.30. The maximum atomic E-state index is 9.67. The molecular formula is C29H34N6OS. The highest BCUT2D eigenvalue weighted by molar-refractivity contribution is 7.21. The van der Waals surface area contributed by atoms with Crippen LogP contribution >= 0.6 is 11.3 Å². The summed E-state index contributed by atoms with van der Waals surface area (Å²) in [6.45, 7) is 7.24. The Balaban J connectivity index is 1.37. The van der Waals surface area contributed by atoms with Crippen molar-refractivity contribution in [3.8, 4) is 10.6 Å². The van der Waals surface area contributed by atoms with Crippen LogP contribution in [0.4, 0.5) is 11.8 Å². The fourth-order valence-corrected chi connectivity index (χ4v) is 6.58. The lowest BCUT2D eigenvalue weighted by atomic mass is 10.0. The number of hydrogen-bond acceptors (Lipinski definition) is 8. The van der Waals surface area contributed by atoms with Gasteiger partial charge in [-0.3, -0.25) is 4.98 Å². The Bertz CT molecular complexity index is 1430. The second-order valence-electron chi connectivity index (χ2n) is 10.6. The molecule has 37 heavy (non-hydrogen) atoms. The van der Waals surface area contributed by atoms with E-state index in [1.807, 2.05) is 13.1 Å². The van der Waals surface area contributed by atoms with Crippen molar-refractivity contribution < 1.29 is 5.11 Å². The number of aliphatic hydroxyl groups excluding tert-OH is 1. The second-order valence-corrected chi connectivity index (χ2v) is 11.6. The van der Waals surface area contributed by atoms with Crippen LogP contribution in [0.5, 0.6) is 0 Å². The van der Waals surface area contributed by atoms with Gasteiger partial charge in [0, 0.05) is 31.3 Å². The molecule has 2 aliphatic rings. The van der Waals surface area contributed by atoms with E-state index >= 15 is 0 Å². The summed E-state index contributed by atoms with van der Waals surface area (Å²) in [5, 5.41) is 17.8. The van der Waals surface area contributed by atoms with Crippen molar-refractivity contribution in [2.24, 2.45) is 5.92 Å². The normalized spacial score (nSPS) is 19.5. The molecule has 192 valence electrons. The van der Waals surface area contributed by atoms with Crippen LogP contribution in [0.1, 0.15) is 66.1 Å². The van der Waals surface area contributed by atoms with Gasteiger partial charge < -0.3 is 15.7 Å². The zero-order valence-electron chi connectivity index (χ0n) is 21.7. The topological polar surface area (TPSA) is 95.9 Å². The largest absolute Gasteiger partial charge is 0.396 e. The first kappa shape index (κ1) is 24.2. The van der Waals surface area contributed by atoms with Crippen LogP contribution in [0.15, 0.2) is 30.5 Å². The minimum Gasteiger partial charge on any atom is -0.396 e. The van der Waals surface area contributed by atoms with E-state index in [1.54, 1.807) is 11.3 Å². The summed E-state index contributed by atoms with van der Waals surface area (Å²) in [6, 6.07) is 8.71. The Morgan fingerprint density at radius 2 is 1.81 bits per heavy atom. The summed E-state index contributed by atoms with van der Waals surface area (Å²) < 4.78 is 1.16. The molecule has 6 rings (SSSR count). The summed E-state index contributed by atoms with van der Waals surface area (Å²) in [5.74, 6) is 2.32. The minimum absolute atomic E-state index is 0.241. The van der Waals surface area contributed by atoms with Crippen LogP contribution in [0.3, 0.4) is 0 Å². The number of thiazole rings is 1. The zero-order valence-corrected chi connectivity index (χ0v) is 22.5. The highest BCUT2D eigenvalue weighted by Gasteiger charge is 2.30. The van der Waals surface area contributed by atoms with Crippen molar-refractivity contribution >= 4 is 33.3 Å². The molecule has 0 spiro atoms. The van der Waals surface area contributed by atoms with Crippen LogP contribution in [0.25, 0.3) is 20.8 Å². The third-order valence-corrected chi connectivity index (χ3v) is 8.85. The first-order chi connectivity index (χ1) is 18.0. The van der Waals surface area contributed by atoms with Crippen LogP contribution in [0.2, 0.25) is 0 Å². The number of hydrogen-bond donors (Lipinski definition) is 3. The molecule has 2 fully saturated rings. The molecular weight excluding hydrogens is 480 g/mol. The lowest BCUT2D eigenvalue weighted by Crippen LogP contribution is -2.19. The lowest BCUT2D eigenvalue weighted by Gasteiger charge is -2.19. The molecule has 2 saturated carbocycles. The van der Waals surface area contributed by atoms with Gasteiger partial charge in [0.2, 0.25) is 5.95 Å². The molecule has 3 aromatic heterocycles. The van der Waals surface area contributed by atoms with Gasteiger partial charge in [-0.1, -0.05) is 18.2 Å². The van der Waals surface area contributed by atoms with E-state index in [4.69, 9.17) is 15.0 Å². The van der Waals surface area contributed by atoms with E-state index in [-0.39, 0.29) is 12.6 Å². The first-order valence-electron chi connectivity index (χ1n) is 13.3. The molecule has 1 aromatic carbocycles. The van der Waals surface area contributed by atoms with E-state index < -0.39 is 0 Å². The predicted molar refractivity (Wildman–Crippen MR) is 150 cm³/mol. The number of rotatable bonds is 8. The van der Waals surface area contributed by atoms with Crippen molar-refractivity contribution in [3.63, 3.8) is 0 Å². The maximum Gasteiger partial charge on any atom is 0.225 e. The number of anilines is 2. The fraction of sp³-hybridized carbons (Fsp3) is 0.448. The van der Waals surface area contributed by atoms with Gasteiger partial charge in [0.25, 0.3) is 0 Å². The van der Waals surface area contributed by atoms with Gasteiger partial charge in [0.1, 0.15) is 16.3 Å². The Kier molecular flexibility index (Phi) is 6.55. The third kappa shape index (κ3) is 4.92. The Morgan fingerprint density at radius 3 is 2.54 bits per heavy atom. The molecule has 2 atom stereocenters. The van der Waals surface area contributed by atoms with E-state index in [0.29, 0.717) is 24.3 Å². The zero-order chi connectivity index (χ0) is 25.5. The molecule has 2 aliphatic carbocycles. The Labute approximate surface area is 221 Å². The van der Waals surface area contributed by atoms with Gasteiger partial charge >= 0.3 is 0 Å². The highest BCUT2D eigenvalue weighted by Crippen LogP contribution is 2.44. The molecule has 2 unspecified atom stereocenters. The van der Waals surface area contributed by atoms with Gasteiger partial charge in [-0.25, -0.2) is 9.97 Å². The third-order valence-electron chi connectivity index (χ3n) is 7.81. The SMILES string of the molecule is Cc1cccc(C)c1CNc1nc(C)c(-c2nc3c(C4CC4)nccc3s2)c(NC2CCC(CO)C2)n1. The summed E-state index contributed by atoms with van der Waals surface area (Å²) >= 11 is 1.69.